The van der Waals surface area contributed by atoms with Crippen molar-refractivity contribution in [3.63, 3.8) is 0 Å². The molecule has 0 radical (unpaired) electrons. The standard InChI is InChI=1S/C20H18N2OS2/c1-4-11-22-17-10-9-16(24-3)13-18(17)25-20(22)21-19(23)12-15-7-5-14(2)6-8-15/h1,5-10,13H,11-12H2,2-3H3. The van der Waals surface area contributed by atoms with Gasteiger partial charge >= 0.3 is 0 Å². The van der Waals surface area contributed by atoms with E-state index in [4.69, 9.17) is 6.42 Å². The fraction of sp³-hybridized carbons (Fsp3) is 0.200. The fourth-order valence-corrected chi connectivity index (χ4v) is 4.14. The number of thiazole rings is 1. The van der Waals surface area contributed by atoms with Crippen LogP contribution in [0, 0.1) is 19.3 Å². The highest BCUT2D eigenvalue weighted by Crippen LogP contribution is 2.24. The lowest BCUT2D eigenvalue weighted by atomic mass is 10.1. The Kier molecular flexibility index (Phi) is 5.42. The van der Waals surface area contributed by atoms with Crippen LogP contribution in [-0.2, 0) is 17.8 Å². The van der Waals surface area contributed by atoms with Crippen LogP contribution in [0.25, 0.3) is 10.2 Å². The number of carbonyl (C=O) groups is 1. The Bertz CT molecular complexity index is 1020. The van der Waals surface area contributed by atoms with Gasteiger partial charge in [0, 0.05) is 4.90 Å². The molecule has 3 aromatic rings. The van der Waals surface area contributed by atoms with Gasteiger partial charge in [-0.05, 0) is 36.9 Å². The number of carbonyl (C=O) groups excluding carboxylic acids is 1. The summed E-state index contributed by atoms with van der Waals surface area (Å²) in [6.07, 6.45) is 7.84. The van der Waals surface area contributed by atoms with Crippen LogP contribution < -0.4 is 4.80 Å². The van der Waals surface area contributed by atoms with E-state index in [1.807, 2.05) is 48.1 Å². The summed E-state index contributed by atoms with van der Waals surface area (Å²) in [5, 5.41) is 0. The smallest absolute Gasteiger partial charge is 0.252 e. The molecular weight excluding hydrogens is 348 g/mol. The summed E-state index contributed by atoms with van der Waals surface area (Å²) in [5.41, 5.74) is 3.16. The zero-order chi connectivity index (χ0) is 17.8. The Balaban J connectivity index is 1.99. The maximum Gasteiger partial charge on any atom is 0.252 e. The minimum atomic E-state index is -0.161. The summed E-state index contributed by atoms with van der Waals surface area (Å²) in [6.45, 7) is 2.42. The number of aryl methyl sites for hydroxylation is 1. The molecule has 0 saturated heterocycles. The third-order valence-electron chi connectivity index (χ3n) is 3.84. The number of rotatable bonds is 4. The van der Waals surface area contributed by atoms with E-state index in [-0.39, 0.29) is 5.91 Å². The van der Waals surface area contributed by atoms with E-state index in [0.717, 1.165) is 15.8 Å². The van der Waals surface area contributed by atoms with Crippen LogP contribution in [0.15, 0.2) is 52.4 Å². The van der Waals surface area contributed by atoms with Gasteiger partial charge in [-0.2, -0.15) is 4.99 Å². The molecule has 0 unspecified atom stereocenters. The monoisotopic (exact) mass is 366 g/mol. The quantitative estimate of drug-likeness (QED) is 0.516. The summed E-state index contributed by atoms with van der Waals surface area (Å²) in [5.74, 6) is 2.49. The Morgan fingerprint density at radius 3 is 2.72 bits per heavy atom. The van der Waals surface area contributed by atoms with E-state index in [0.29, 0.717) is 17.8 Å². The maximum absolute atomic E-state index is 12.4. The summed E-state index contributed by atoms with van der Waals surface area (Å²) >= 11 is 3.19. The number of hydrogen-bond acceptors (Lipinski definition) is 3. The zero-order valence-electron chi connectivity index (χ0n) is 14.2. The van der Waals surface area contributed by atoms with Crippen molar-refractivity contribution >= 4 is 39.2 Å². The number of amides is 1. The lowest BCUT2D eigenvalue weighted by molar-refractivity contribution is -0.117. The van der Waals surface area contributed by atoms with Gasteiger partial charge in [0.25, 0.3) is 5.91 Å². The molecule has 126 valence electrons. The molecule has 1 heterocycles. The molecule has 0 bridgehead atoms. The van der Waals surface area contributed by atoms with Crippen LogP contribution in [0.4, 0.5) is 0 Å². The number of nitrogens with zero attached hydrogens (tertiary/aromatic N) is 2. The minimum absolute atomic E-state index is 0.161. The first-order valence-electron chi connectivity index (χ1n) is 7.84. The zero-order valence-corrected chi connectivity index (χ0v) is 15.8. The van der Waals surface area contributed by atoms with Crippen LogP contribution in [0.3, 0.4) is 0 Å². The molecule has 5 heteroatoms. The topological polar surface area (TPSA) is 34.4 Å². The van der Waals surface area contributed by atoms with Gasteiger partial charge in [-0.3, -0.25) is 4.79 Å². The van der Waals surface area contributed by atoms with Crippen LogP contribution in [0.1, 0.15) is 11.1 Å². The maximum atomic E-state index is 12.4. The Morgan fingerprint density at radius 1 is 1.28 bits per heavy atom. The second kappa shape index (κ2) is 7.73. The lowest BCUT2D eigenvalue weighted by Crippen LogP contribution is -2.17. The van der Waals surface area contributed by atoms with Crippen molar-refractivity contribution in [3.8, 4) is 12.3 Å². The summed E-state index contributed by atoms with van der Waals surface area (Å²) in [6, 6.07) is 14.2. The summed E-state index contributed by atoms with van der Waals surface area (Å²) < 4.78 is 3.01. The molecule has 0 N–H and O–H groups in total. The third-order valence-corrected chi connectivity index (χ3v) is 5.60. The van der Waals surface area contributed by atoms with E-state index in [9.17, 15) is 4.79 Å². The van der Waals surface area contributed by atoms with Crippen molar-refractivity contribution in [1.82, 2.24) is 4.57 Å². The highest BCUT2D eigenvalue weighted by Gasteiger charge is 2.08. The van der Waals surface area contributed by atoms with Crippen LogP contribution in [0.2, 0.25) is 0 Å². The van der Waals surface area contributed by atoms with Crippen molar-refractivity contribution in [2.75, 3.05) is 6.26 Å². The van der Waals surface area contributed by atoms with Gasteiger partial charge in [-0.15, -0.1) is 18.2 Å². The van der Waals surface area contributed by atoms with E-state index in [1.54, 1.807) is 11.8 Å². The number of aromatic nitrogens is 1. The first-order valence-corrected chi connectivity index (χ1v) is 9.89. The number of fused-ring (bicyclic) bond motifs is 1. The number of benzene rings is 2. The predicted octanol–water partition coefficient (Wildman–Crippen LogP) is 4.04. The molecule has 1 amide bonds. The molecule has 0 aliphatic carbocycles. The molecule has 0 aliphatic rings. The van der Waals surface area contributed by atoms with Crippen LogP contribution in [0.5, 0.6) is 0 Å². The van der Waals surface area contributed by atoms with Crippen molar-refractivity contribution in [1.29, 1.82) is 0 Å². The minimum Gasteiger partial charge on any atom is -0.305 e. The number of hydrogen-bond donors (Lipinski definition) is 0. The molecule has 3 rings (SSSR count). The summed E-state index contributed by atoms with van der Waals surface area (Å²) in [7, 11) is 0. The highest BCUT2D eigenvalue weighted by molar-refractivity contribution is 7.98. The first kappa shape index (κ1) is 17.5. The van der Waals surface area contributed by atoms with Crippen molar-refractivity contribution in [2.24, 2.45) is 4.99 Å². The van der Waals surface area contributed by atoms with E-state index < -0.39 is 0 Å². The van der Waals surface area contributed by atoms with Gasteiger partial charge in [0.1, 0.15) is 0 Å². The number of thioether (sulfide) groups is 1. The fourth-order valence-electron chi connectivity index (χ4n) is 2.54. The Labute approximate surface area is 155 Å². The molecule has 1 aromatic heterocycles. The average molecular weight is 367 g/mol. The molecule has 0 fully saturated rings. The first-order chi connectivity index (χ1) is 12.1. The number of terminal acetylenes is 1. The molecule has 0 saturated carbocycles. The summed E-state index contributed by atoms with van der Waals surface area (Å²) in [4.78, 5) is 18.6. The highest BCUT2D eigenvalue weighted by atomic mass is 32.2. The van der Waals surface area contributed by atoms with Gasteiger partial charge in [0.2, 0.25) is 0 Å². The molecular formula is C20H18N2OS2. The normalized spacial score (nSPS) is 11.6. The second-order valence-electron chi connectivity index (χ2n) is 5.68. The molecule has 0 atom stereocenters. The van der Waals surface area contributed by atoms with Gasteiger partial charge in [-0.1, -0.05) is 47.1 Å². The largest absolute Gasteiger partial charge is 0.305 e. The van der Waals surface area contributed by atoms with Crippen molar-refractivity contribution < 1.29 is 4.79 Å². The molecule has 0 spiro atoms. The Morgan fingerprint density at radius 2 is 2.04 bits per heavy atom. The van der Waals surface area contributed by atoms with E-state index in [1.165, 1.54) is 21.8 Å². The predicted molar refractivity (Wildman–Crippen MR) is 106 cm³/mol. The molecule has 2 aromatic carbocycles. The van der Waals surface area contributed by atoms with E-state index >= 15 is 0 Å². The van der Waals surface area contributed by atoms with Gasteiger partial charge in [0.05, 0.1) is 23.2 Å². The van der Waals surface area contributed by atoms with Crippen LogP contribution >= 0.6 is 23.1 Å². The molecule has 25 heavy (non-hydrogen) atoms. The average Bonchev–Trinajstić information content (AvgIpc) is 2.93. The second-order valence-corrected chi connectivity index (χ2v) is 7.57. The lowest BCUT2D eigenvalue weighted by Gasteiger charge is -2.01. The van der Waals surface area contributed by atoms with Gasteiger partial charge < -0.3 is 4.57 Å². The van der Waals surface area contributed by atoms with Crippen molar-refractivity contribution in [3.05, 3.63) is 58.4 Å². The van der Waals surface area contributed by atoms with Gasteiger partial charge in [-0.25, -0.2) is 0 Å². The molecule has 0 aliphatic heterocycles. The van der Waals surface area contributed by atoms with E-state index in [2.05, 4.69) is 23.0 Å². The third kappa shape index (κ3) is 4.04. The van der Waals surface area contributed by atoms with Crippen molar-refractivity contribution in [2.45, 2.75) is 24.8 Å². The Hall–Kier alpha value is -2.29. The van der Waals surface area contributed by atoms with Crippen LogP contribution in [-0.4, -0.2) is 16.7 Å². The SMILES string of the molecule is C#CCn1c(=NC(=O)Cc2ccc(C)cc2)sc2cc(SC)ccc21. The molecule has 3 nitrogen and oxygen atoms in total. The van der Waals surface area contributed by atoms with Gasteiger partial charge in [0.15, 0.2) is 4.80 Å².